The van der Waals surface area contributed by atoms with Crippen LogP contribution in [-0.4, -0.2) is 35.1 Å². The summed E-state index contributed by atoms with van der Waals surface area (Å²) in [4.78, 5) is 18.8. The minimum Gasteiger partial charge on any atom is -0.406 e. The van der Waals surface area contributed by atoms with Gasteiger partial charge >= 0.3 is 6.36 Å². The Balaban J connectivity index is 1.55. The average molecular weight is 374 g/mol. The van der Waals surface area contributed by atoms with Gasteiger partial charge in [-0.05, 0) is 43.0 Å². The van der Waals surface area contributed by atoms with Gasteiger partial charge in [0.05, 0.1) is 0 Å². The molecule has 1 heterocycles. The molecule has 0 atom stereocenters. The summed E-state index contributed by atoms with van der Waals surface area (Å²) in [5, 5.41) is 0. The number of nitrogens with zero attached hydrogens (tertiary/aromatic N) is 2. The molecule has 0 bridgehead atoms. The summed E-state index contributed by atoms with van der Waals surface area (Å²) in [6, 6.07) is 13.2. The van der Waals surface area contributed by atoms with E-state index in [1.165, 1.54) is 12.1 Å². The number of alkyl halides is 3. The third-order valence-corrected chi connectivity index (χ3v) is 4.82. The molecule has 1 spiro atoms. The summed E-state index contributed by atoms with van der Waals surface area (Å²) >= 11 is 0. The van der Waals surface area contributed by atoms with Crippen molar-refractivity contribution in [1.29, 1.82) is 0 Å². The lowest BCUT2D eigenvalue weighted by atomic mass is 10.0. The minimum absolute atomic E-state index is 0.0735. The molecule has 2 aromatic rings. The van der Waals surface area contributed by atoms with Crippen molar-refractivity contribution in [2.45, 2.75) is 31.7 Å². The van der Waals surface area contributed by atoms with Crippen LogP contribution in [0.25, 0.3) is 11.1 Å². The molecule has 4 rings (SSSR count). The van der Waals surface area contributed by atoms with Gasteiger partial charge in [0.15, 0.2) is 0 Å². The van der Waals surface area contributed by atoms with Crippen molar-refractivity contribution < 1.29 is 22.7 Å². The highest BCUT2D eigenvalue weighted by Crippen LogP contribution is 2.45. The van der Waals surface area contributed by atoms with E-state index in [1.54, 1.807) is 17.0 Å². The van der Waals surface area contributed by atoms with Gasteiger partial charge in [-0.1, -0.05) is 36.4 Å². The number of hydrogen-bond acceptors (Lipinski definition) is 3. The van der Waals surface area contributed by atoms with Crippen molar-refractivity contribution >= 4 is 11.7 Å². The molecule has 1 aliphatic carbocycles. The highest BCUT2D eigenvalue weighted by atomic mass is 19.4. The summed E-state index contributed by atoms with van der Waals surface area (Å²) < 4.78 is 40.6. The molecule has 0 radical (unpaired) electrons. The van der Waals surface area contributed by atoms with Crippen LogP contribution in [-0.2, 0) is 4.79 Å². The van der Waals surface area contributed by atoms with Gasteiger partial charge in [-0.2, -0.15) is 0 Å². The maximum absolute atomic E-state index is 12.4. The van der Waals surface area contributed by atoms with Crippen molar-refractivity contribution in [1.82, 2.24) is 4.90 Å². The number of hydrogen-bond donors (Lipinski definition) is 0. The Labute approximate surface area is 154 Å². The van der Waals surface area contributed by atoms with E-state index in [0.717, 1.165) is 29.5 Å². The third kappa shape index (κ3) is 3.29. The largest absolute Gasteiger partial charge is 0.573 e. The fraction of sp³-hybridized carbons (Fsp3) is 0.300. The van der Waals surface area contributed by atoms with E-state index in [-0.39, 0.29) is 11.7 Å². The standard InChI is InChI=1S/C20H17F3N2O2/c1-2-25-17(24-19(11-12-19)18(25)26)15-5-3-13(4-6-15)14-7-9-16(10-8-14)27-20(21,22)23/h3-10H,2,11-12H2,1H3. The number of likely N-dealkylation sites (N-methyl/N-ethyl adjacent to an activating group) is 1. The van der Waals surface area contributed by atoms with E-state index >= 15 is 0 Å². The average Bonchev–Trinajstić information content (AvgIpc) is 3.36. The van der Waals surface area contributed by atoms with Crippen LogP contribution in [0.15, 0.2) is 53.5 Å². The Kier molecular flexibility index (Phi) is 3.98. The van der Waals surface area contributed by atoms with Crippen molar-refractivity contribution in [3.63, 3.8) is 0 Å². The molecule has 0 aromatic heterocycles. The summed E-state index contributed by atoms with van der Waals surface area (Å²) in [6.45, 7) is 2.50. The zero-order chi connectivity index (χ0) is 19.2. The van der Waals surface area contributed by atoms with E-state index in [2.05, 4.69) is 9.73 Å². The van der Waals surface area contributed by atoms with Gasteiger partial charge < -0.3 is 4.74 Å². The number of aliphatic imine (C=N–C) groups is 1. The first-order valence-corrected chi connectivity index (χ1v) is 8.70. The van der Waals surface area contributed by atoms with Gasteiger partial charge in [-0.15, -0.1) is 13.2 Å². The van der Waals surface area contributed by atoms with E-state index in [9.17, 15) is 18.0 Å². The number of rotatable bonds is 4. The van der Waals surface area contributed by atoms with Crippen LogP contribution in [0, 0.1) is 0 Å². The second kappa shape index (κ2) is 6.11. The lowest BCUT2D eigenvalue weighted by Crippen LogP contribution is -2.36. The molecule has 1 aliphatic heterocycles. The Hall–Kier alpha value is -2.83. The van der Waals surface area contributed by atoms with Gasteiger partial charge in [0.2, 0.25) is 0 Å². The highest BCUT2D eigenvalue weighted by molar-refractivity contribution is 6.16. The lowest BCUT2D eigenvalue weighted by Gasteiger charge is -2.17. The fourth-order valence-corrected chi connectivity index (χ4v) is 3.28. The SMILES string of the molecule is CCN1C(=O)C2(CC2)N=C1c1ccc(-c2ccc(OC(F)(F)F)cc2)cc1. The summed E-state index contributed by atoms with van der Waals surface area (Å²) in [5.41, 5.74) is 1.95. The van der Waals surface area contributed by atoms with Gasteiger partial charge in [0, 0.05) is 12.1 Å². The van der Waals surface area contributed by atoms with Crippen LogP contribution in [0.1, 0.15) is 25.3 Å². The summed E-state index contributed by atoms with van der Waals surface area (Å²) in [7, 11) is 0. The number of carbonyl (C=O) groups excluding carboxylic acids is 1. The van der Waals surface area contributed by atoms with Crippen LogP contribution in [0.3, 0.4) is 0 Å². The molecule has 140 valence electrons. The molecule has 0 unspecified atom stereocenters. The molecule has 0 saturated heterocycles. The van der Waals surface area contributed by atoms with Gasteiger partial charge in [-0.3, -0.25) is 14.7 Å². The van der Waals surface area contributed by atoms with E-state index < -0.39 is 11.9 Å². The molecule has 2 aromatic carbocycles. The topological polar surface area (TPSA) is 41.9 Å². The maximum atomic E-state index is 12.4. The summed E-state index contributed by atoms with van der Waals surface area (Å²) in [5.74, 6) is 0.514. The molecule has 27 heavy (non-hydrogen) atoms. The van der Waals surface area contributed by atoms with Crippen molar-refractivity contribution in [3.05, 3.63) is 54.1 Å². The second-order valence-corrected chi connectivity index (χ2v) is 6.67. The van der Waals surface area contributed by atoms with Gasteiger partial charge in [-0.25, -0.2) is 0 Å². The number of carbonyl (C=O) groups is 1. The van der Waals surface area contributed by atoms with Crippen molar-refractivity contribution in [2.75, 3.05) is 6.54 Å². The Morgan fingerprint density at radius 2 is 1.52 bits per heavy atom. The maximum Gasteiger partial charge on any atom is 0.573 e. The van der Waals surface area contributed by atoms with Gasteiger partial charge in [0.25, 0.3) is 5.91 Å². The molecule has 1 amide bonds. The van der Waals surface area contributed by atoms with Crippen molar-refractivity contribution in [3.8, 4) is 16.9 Å². The first-order valence-electron chi connectivity index (χ1n) is 8.70. The number of ether oxygens (including phenoxy) is 1. The van der Waals surface area contributed by atoms with Crippen LogP contribution in [0.2, 0.25) is 0 Å². The van der Waals surface area contributed by atoms with Crippen LogP contribution < -0.4 is 4.74 Å². The fourth-order valence-electron chi connectivity index (χ4n) is 3.28. The van der Waals surface area contributed by atoms with Gasteiger partial charge in [0.1, 0.15) is 17.1 Å². The zero-order valence-electron chi connectivity index (χ0n) is 14.6. The molecule has 0 N–H and O–H groups in total. The molecule has 1 saturated carbocycles. The highest BCUT2D eigenvalue weighted by Gasteiger charge is 2.56. The molecule has 1 fully saturated rings. The van der Waals surface area contributed by atoms with E-state index in [0.29, 0.717) is 12.4 Å². The van der Waals surface area contributed by atoms with Crippen LogP contribution >= 0.6 is 0 Å². The number of amidine groups is 1. The Bertz CT molecular complexity index is 898. The quantitative estimate of drug-likeness (QED) is 0.796. The normalized spacial score (nSPS) is 18.0. The third-order valence-electron chi connectivity index (χ3n) is 4.82. The molecule has 2 aliphatic rings. The lowest BCUT2D eigenvalue weighted by molar-refractivity contribution is -0.274. The second-order valence-electron chi connectivity index (χ2n) is 6.67. The zero-order valence-corrected chi connectivity index (χ0v) is 14.6. The predicted octanol–water partition coefficient (Wildman–Crippen LogP) is 4.39. The Morgan fingerprint density at radius 3 is 2.00 bits per heavy atom. The van der Waals surface area contributed by atoms with E-state index in [1.807, 2.05) is 31.2 Å². The van der Waals surface area contributed by atoms with Crippen LogP contribution in [0.4, 0.5) is 13.2 Å². The predicted molar refractivity (Wildman–Crippen MR) is 94.5 cm³/mol. The smallest absolute Gasteiger partial charge is 0.406 e. The number of amides is 1. The number of halogens is 3. The van der Waals surface area contributed by atoms with Crippen LogP contribution in [0.5, 0.6) is 5.75 Å². The molecule has 7 heteroatoms. The summed E-state index contributed by atoms with van der Waals surface area (Å²) in [6.07, 6.45) is -3.10. The van der Waals surface area contributed by atoms with E-state index in [4.69, 9.17) is 0 Å². The first kappa shape index (κ1) is 17.6. The molecule has 4 nitrogen and oxygen atoms in total. The first-order chi connectivity index (χ1) is 12.8. The monoisotopic (exact) mass is 374 g/mol. The molecular formula is C20H17F3N2O2. The Morgan fingerprint density at radius 1 is 1.00 bits per heavy atom. The minimum atomic E-state index is -4.70. The molecular weight excluding hydrogens is 357 g/mol. The number of benzene rings is 2. The van der Waals surface area contributed by atoms with Crippen molar-refractivity contribution in [2.24, 2.45) is 4.99 Å².